The quantitative estimate of drug-likeness (QED) is 0.0385. The highest BCUT2D eigenvalue weighted by Gasteiger charge is 2.14. The van der Waals surface area contributed by atoms with Gasteiger partial charge in [-0.05, 0) is 64.2 Å². The summed E-state index contributed by atoms with van der Waals surface area (Å²) >= 11 is 0. The van der Waals surface area contributed by atoms with Gasteiger partial charge < -0.3 is 9.84 Å². The molecular formula is C48H92O4. The van der Waals surface area contributed by atoms with E-state index in [4.69, 9.17) is 9.84 Å². The minimum atomic E-state index is -0.661. The van der Waals surface area contributed by atoms with Crippen molar-refractivity contribution in [1.82, 2.24) is 0 Å². The van der Waals surface area contributed by atoms with Crippen LogP contribution in [0.25, 0.3) is 0 Å². The zero-order valence-electron chi connectivity index (χ0n) is 35.4. The number of ether oxygens (including phenoxy) is 1. The monoisotopic (exact) mass is 733 g/mol. The van der Waals surface area contributed by atoms with Gasteiger partial charge in [0.1, 0.15) is 6.10 Å². The first-order chi connectivity index (χ1) is 25.6. The first-order valence-electron chi connectivity index (χ1n) is 23.7. The molecule has 0 saturated carbocycles. The van der Waals surface area contributed by atoms with Crippen molar-refractivity contribution in [2.24, 2.45) is 0 Å². The Morgan fingerprint density at radius 1 is 0.404 bits per heavy atom. The zero-order chi connectivity index (χ0) is 37.8. The first kappa shape index (κ1) is 50.7. The molecule has 1 N–H and O–H groups in total. The van der Waals surface area contributed by atoms with E-state index in [1.54, 1.807) is 0 Å². The van der Waals surface area contributed by atoms with Gasteiger partial charge in [-0.25, -0.2) is 0 Å². The Balaban J connectivity index is 3.95. The maximum Gasteiger partial charge on any atom is 0.306 e. The van der Waals surface area contributed by atoms with Crippen molar-refractivity contribution in [1.29, 1.82) is 0 Å². The molecule has 1 atom stereocenters. The van der Waals surface area contributed by atoms with Crippen LogP contribution in [0.5, 0.6) is 0 Å². The molecule has 0 aromatic rings. The van der Waals surface area contributed by atoms with Crippen molar-refractivity contribution in [2.75, 3.05) is 0 Å². The lowest BCUT2D eigenvalue weighted by atomic mass is 10.0. The van der Waals surface area contributed by atoms with E-state index >= 15 is 0 Å². The Bertz CT molecular complexity index is 747. The number of aliphatic carboxylic acids is 1. The van der Waals surface area contributed by atoms with Crippen LogP contribution in [0.15, 0.2) is 12.2 Å². The van der Waals surface area contributed by atoms with E-state index in [-0.39, 0.29) is 12.1 Å². The smallest absolute Gasteiger partial charge is 0.306 e. The van der Waals surface area contributed by atoms with E-state index in [9.17, 15) is 9.59 Å². The molecule has 0 rings (SSSR count). The zero-order valence-corrected chi connectivity index (χ0v) is 35.4. The highest BCUT2D eigenvalue weighted by Crippen LogP contribution is 2.20. The lowest BCUT2D eigenvalue weighted by molar-refractivity contribution is -0.150. The second-order valence-corrected chi connectivity index (χ2v) is 16.3. The van der Waals surface area contributed by atoms with E-state index < -0.39 is 5.97 Å². The van der Waals surface area contributed by atoms with Gasteiger partial charge >= 0.3 is 11.9 Å². The SMILES string of the molecule is CCCCCCCC/C=C\CCCCCCCC(=O)OC(CCCCCCCCCC)CCCCCCCCCCCCCCCCCCC(=O)O. The highest BCUT2D eigenvalue weighted by atomic mass is 16.5. The average Bonchev–Trinajstić information content (AvgIpc) is 3.13. The molecule has 0 aromatic heterocycles. The van der Waals surface area contributed by atoms with E-state index in [1.165, 1.54) is 212 Å². The third-order valence-corrected chi connectivity index (χ3v) is 11.0. The van der Waals surface area contributed by atoms with Crippen LogP contribution < -0.4 is 0 Å². The van der Waals surface area contributed by atoms with Crippen molar-refractivity contribution >= 4 is 11.9 Å². The largest absolute Gasteiger partial charge is 0.481 e. The summed E-state index contributed by atoms with van der Waals surface area (Å²) in [4.78, 5) is 23.3. The molecule has 4 heteroatoms. The van der Waals surface area contributed by atoms with Crippen LogP contribution in [0.4, 0.5) is 0 Å². The predicted molar refractivity (Wildman–Crippen MR) is 227 cm³/mol. The van der Waals surface area contributed by atoms with Crippen LogP contribution in [-0.4, -0.2) is 23.1 Å². The molecule has 0 aromatic carbocycles. The average molecular weight is 733 g/mol. The fourth-order valence-corrected chi connectivity index (χ4v) is 7.48. The molecule has 52 heavy (non-hydrogen) atoms. The number of rotatable bonds is 44. The molecule has 0 fully saturated rings. The summed E-state index contributed by atoms with van der Waals surface area (Å²) in [5, 5.41) is 8.70. The van der Waals surface area contributed by atoms with Crippen molar-refractivity contribution < 1.29 is 19.4 Å². The third kappa shape index (κ3) is 43.1. The summed E-state index contributed by atoms with van der Waals surface area (Å²) in [6.45, 7) is 4.56. The molecule has 0 saturated heterocycles. The maximum atomic E-state index is 12.8. The van der Waals surface area contributed by atoms with Crippen LogP contribution in [0, 0.1) is 0 Å². The summed E-state index contributed by atoms with van der Waals surface area (Å²) in [6, 6.07) is 0. The number of carbonyl (C=O) groups is 2. The van der Waals surface area contributed by atoms with Gasteiger partial charge in [0.15, 0.2) is 0 Å². The number of allylic oxidation sites excluding steroid dienone is 2. The molecule has 308 valence electrons. The minimum absolute atomic E-state index is 0.0511. The van der Waals surface area contributed by atoms with Crippen molar-refractivity contribution in [3.05, 3.63) is 12.2 Å². The second kappa shape index (κ2) is 44.1. The maximum absolute atomic E-state index is 12.8. The number of carbonyl (C=O) groups excluding carboxylic acids is 1. The molecule has 0 heterocycles. The van der Waals surface area contributed by atoms with Crippen LogP contribution in [0.1, 0.15) is 277 Å². The number of carboxylic acids is 1. The normalized spacial score (nSPS) is 12.2. The van der Waals surface area contributed by atoms with Gasteiger partial charge in [-0.2, -0.15) is 0 Å². The lowest BCUT2D eigenvalue weighted by Crippen LogP contribution is -2.18. The summed E-state index contributed by atoms with van der Waals surface area (Å²) < 4.78 is 6.10. The Hall–Kier alpha value is -1.32. The molecule has 0 spiro atoms. The molecule has 0 amide bonds. The molecule has 0 aliphatic rings. The predicted octanol–water partition coefficient (Wildman–Crippen LogP) is 16.6. The van der Waals surface area contributed by atoms with E-state index in [0.717, 1.165) is 38.5 Å². The Kier molecular flexibility index (Phi) is 43.0. The molecule has 4 nitrogen and oxygen atoms in total. The topological polar surface area (TPSA) is 63.6 Å². The van der Waals surface area contributed by atoms with Gasteiger partial charge in [0, 0.05) is 12.8 Å². The van der Waals surface area contributed by atoms with Gasteiger partial charge in [0.25, 0.3) is 0 Å². The number of hydrogen-bond donors (Lipinski definition) is 1. The Labute approximate surface area is 325 Å². The Morgan fingerprint density at radius 3 is 1.04 bits per heavy atom. The number of hydrogen-bond acceptors (Lipinski definition) is 3. The lowest BCUT2D eigenvalue weighted by Gasteiger charge is -2.18. The number of unbranched alkanes of at least 4 members (excludes halogenated alkanes) is 33. The van der Waals surface area contributed by atoms with Crippen molar-refractivity contribution in [3.8, 4) is 0 Å². The molecule has 0 bridgehead atoms. The van der Waals surface area contributed by atoms with Crippen LogP contribution >= 0.6 is 0 Å². The number of carboxylic acid groups (broad SMARTS) is 1. The minimum Gasteiger partial charge on any atom is -0.481 e. The molecule has 0 aliphatic heterocycles. The fraction of sp³-hybridized carbons (Fsp3) is 0.917. The summed E-state index contributed by atoms with van der Waals surface area (Å²) in [6.07, 6.45) is 55.6. The van der Waals surface area contributed by atoms with Gasteiger partial charge in [0.05, 0.1) is 0 Å². The highest BCUT2D eigenvalue weighted by molar-refractivity contribution is 5.69. The third-order valence-electron chi connectivity index (χ3n) is 11.0. The van der Waals surface area contributed by atoms with Gasteiger partial charge in [-0.1, -0.05) is 212 Å². The van der Waals surface area contributed by atoms with E-state index in [1.807, 2.05) is 0 Å². The first-order valence-corrected chi connectivity index (χ1v) is 23.7. The van der Waals surface area contributed by atoms with Gasteiger partial charge in [0.2, 0.25) is 0 Å². The summed E-state index contributed by atoms with van der Waals surface area (Å²) in [5.41, 5.74) is 0. The van der Waals surface area contributed by atoms with E-state index in [2.05, 4.69) is 26.0 Å². The molecule has 1 unspecified atom stereocenters. The standard InChI is InChI=1S/C48H92O4/c1-3-5-7-9-11-13-14-15-18-23-26-29-33-37-41-45-48(51)52-46(42-38-34-30-12-10-8-6-4-2)43-39-35-31-27-24-21-19-16-17-20-22-25-28-32-36-40-44-47(49)50/h15,18,46H,3-14,16-17,19-45H2,1-2H3,(H,49,50)/b18-15-. The summed E-state index contributed by atoms with van der Waals surface area (Å²) in [7, 11) is 0. The fourth-order valence-electron chi connectivity index (χ4n) is 7.48. The van der Waals surface area contributed by atoms with E-state index in [0.29, 0.717) is 12.8 Å². The van der Waals surface area contributed by atoms with Crippen molar-refractivity contribution in [2.45, 2.75) is 283 Å². The van der Waals surface area contributed by atoms with Gasteiger partial charge in [-0.15, -0.1) is 0 Å². The second-order valence-electron chi connectivity index (χ2n) is 16.3. The van der Waals surface area contributed by atoms with Gasteiger partial charge in [-0.3, -0.25) is 9.59 Å². The molecular weight excluding hydrogens is 641 g/mol. The molecule has 0 aliphatic carbocycles. The van der Waals surface area contributed by atoms with Crippen LogP contribution in [0.3, 0.4) is 0 Å². The Morgan fingerprint density at radius 2 is 0.692 bits per heavy atom. The summed E-state index contributed by atoms with van der Waals surface area (Å²) in [5.74, 6) is -0.609. The number of esters is 1. The molecule has 0 radical (unpaired) electrons. The van der Waals surface area contributed by atoms with Crippen LogP contribution in [-0.2, 0) is 14.3 Å². The van der Waals surface area contributed by atoms with Crippen LogP contribution in [0.2, 0.25) is 0 Å². The van der Waals surface area contributed by atoms with Crippen molar-refractivity contribution in [3.63, 3.8) is 0 Å².